The van der Waals surface area contributed by atoms with E-state index < -0.39 is 0 Å². The summed E-state index contributed by atoms with van der Waals surface area (Å²) in [6, 6.07) is 17.9. The Labute approximate surface area is 183 Å². The first-order chi connectivity index (χ1) is 15.1. The standard InChI is InChI=1S/C25H29N3O3/c1-3-17-31-21-11-9-20(10-12-21)22-23(25(30)26(2)24(22)29)28-15-13-27(14-16-28)18-19-7-5-4-6-8-19/h4-12H,3,13-18H2,1-2H3. The summed E-state index contributed by atoms with van der Waals surface area (Å²) in [5.41, 5.74) is 3.06. The summed E-state index contributed by atoms with van der Waals surface area (Å²) < 4.78 is 5.65. The topological polar surface area (TPSA) is 53.1 Å². The first-order valence-electron chi connectivity index (χ1n) is 10.9. The molecule has 0 aliphatic carbocycles. The number of rotatable bonds is 7. The molecule has 0 aromatic heterocycles. The number of likely N-dealkylation sites (N-methyl/N-ethyl adjacent to an activating group) is 1. The van der Waals surface area contributed by atoms with Crippen LogP contribution in [0, 0.1) is 0 Å². The van der Waals surface area contributed by atoms with Gasteiger partial charge in [0.15, 0.2) is 0 Å². The van der Waals surface area contributed by atoms with Crippen LogP contribution in [0.15, 0.2) is 60.3 Å². The first kappa shape index (κ1) is 21.1. The van der Waals surface area contributed by atoms with E-state index in [1.54, 1.807) is 7.05 Å². The monoisotopic (exact) mass is 419 g/mol. The quantitative estimate of drug-likeness (QED) is 0.646. The lowest BCUT2D eigenvalue weighted by Gasteiger charge is -2.36. The molecule has 4 rings (SSSR count). The lowest BCUT2D eigenvalue weighted by Crippen LogP contribution is -2.46. The van der Waals surface area contributed by atoms with Gasteiger partial charge in [-0.3, -0.25) is 19.4 Å². The molecule has 0 saturated carbocycles. The molecule has 162 valence electrons. The molecule has 6 nitrogen and oxygen atoms in total. The predicted molar refractivity (Wildman–Crippen MR) is 120 cm³/mol. The number of hydrogen-bond acceptors (Lipinski definition) is 5. The number of imide groups is 1. The number of carbonyl (C=O) groups excluding carboxylic acids is 2. The number of nitrogens with zero attached hydrogens (tertiary/aromatic N) is 3. The molecule has 0 spiro atoms. The molecule has 0 N–H and O–H groups in total. The van der Waals surface area contributed by atoms with Gasteiger partial charge in [0.25, 0.3) is 11.8 Å². The third-order valence-electron chi connectivity index (χ3n) is 5.82. The van der Waals surface area contributed by atoms with Gasteiger partial charge in [0.05, 0.1) is 12.2 Å². The van der Waals surface area contributed by atoms with Gasteiger partial charge in [-0.2, -0.15) is 0 Å². The van der Waals surface area contributed by atoms with E-state index in [1.165, 1.54) is 10.5 Å². The molecule has 6 heteroatoms. The Morgan fingerprint density at radius 2 is 1.55 bits per heavy atom. The minimum Gasteiger partial charge on any atom is -0.494 e. The van der Waals surface area contributed by atoms with Crippen molar-refractivity contribution in [3.05, 3.63) is 71.4 Å². The van der Waals surface area contributed by atoms with Crippen LogP contribution in [0.25, 0.3) is 5.57 Å². The van der Waals surface area contributed by atoms with Crippen molar-refractivity contribution in [2.24, 2.45) is 0 Å². The van der Waals surface area contributed by atoms with Gasteiger partial charge in [-0.25, -0.2) is 0 Å². The fraction of sp³-hybridized carbons (Fsp3) is 0.360. The number of ether oxygens (including phenoxy) is 1. The van der Waals surface area contributed by atoms with E-state index in [1.807, 2.05) is 30.3 Å². The number of amides is 2. The van der Waals surface area contributed by atoms with Gasteiger partial charge < -0.3 is 9.64 Å². The van der Waals surface area contributed by atoms with Crippen LogP contribution in [0.2, 0.25) is 0 Å². The molecule has 0 atom stereocenters. The maximum atomic E-state index is 12.9. The smallest absolute Gasteiger partial charge is 0.277 e. The zero-order valence-electron chi connectivity index (χ0n) is 18.2. The van der Waals surface area contributed by atoms with Crippen molar-refractivity contribution >= 4 is 17.4 Å². The molecule has 2 aromatic carbocycles. The Morgan fingerprint density at radius 3 is 2.19 bits per heavy atom. The van der Waals surface area contributed by atoms with E-state index in [0.29, 0.717) is 17.9 Å². The highest BCUT2D eigenvalue weighted by atomic mass is 16.5. The van der Waals surface area contributed by atoms with Crippen LogP contribution < -0.4 is 4.74 Å². The van der Waals surface area contributed by atoms with Gasteiger partial charge in [0, 0.05) is 39.8 Å². The summed E-state index contributed by atoms with van der Waals surface area (Å²) in [6.07, 6.45) is 0.936. The van der Waals surface area contributed by atoms with Crippen LogP contribution in [-0.4, -0.2) is 66.3 Å². The van der Waals surface area contributed by atoms with Crippen LogP contribution in [0.3, 0.4) is 0 Å². The molecule has 0 radical (unpaired) electrons. The molecular formula is C25H29N3O3. The number of benzene rings is 2. The maximum Gasteiger partial charge on any atom is 0.277 e. The van der Waals surface area contributed by atoms with Crippen LogP contribution >= 0.6 is 0 Å². The summed E-state index contributed by atoms with van der Waals surface area (Å²) in [4.78, 5) is 31.5. The van der Waals surface area contributed by atoms with Gasteiger partial charge in [0.2, 0.25) is 0 Å². The number of piperazine rings is 1. The second-order valence-electron chi connectivity index (χ2n) is 8.01. The summed E-state index contributed by atoms with van der Waals surface area (Å²) >= 11 is 0. The third kappa shape index (κ3) is 4.49. The average molecular weight is 420 g/mol. The Morgan fingerprint density at radius 1 is 0.871 bits per heavy atom. The third-order valence-corrected chi connectivity index (χ3v) is 5.82. The van der Waals surface area contributed by atoms with Gasteiger partial charge in [-0.15, -0.1) is 0 Å². The highest BCUT2D eigenvalue weighted by Gasteiger charge is 2.40. The summed E-state index contributed by atoms with van der Waals surface area (Å²) in [7, 11) is 1.56. The Hall–Kier alpha value is -3.12. The largest absolute Gasteiger partial charge is 0.494 e. The van der Waals surface area contributed by atoms with Gasteiger partial charge in [-0.05, 0) is 29.7 Å². The highest BCUT2D eigenvalue weighted by Crippen LogP contribution is 2.32. The first-order valence-corrected chi connectivity index (χ1v) is 10.9. The zero-order valence-corrected chi connectivity index (χ0v) is 18.2. The van der Waals surface area contributed by atoms with Crippen molar-refractivity contribution < 1.29 is 14.3 Å². The van der Waals surface area contributed by atoms with E-state index in [9.17, 15) is 9.59 Å². The Balaban J connectivity index is 1.52. The fourth-order valence-electron chi connectivity index (χ4n) is 4.09. The molecule has 1 fully saturated rings. The van der Waals surface area contributed by atoms with E-state index in [0.717, 1.165) is 50.5 Å². The maximum absolute atomic E-state index is 12.9. The van der Waals surface area contributed by atoms with Gasteiger partial charge in [-0.1, -0.05) is 49.4 Å². The molecule has 31 heavy (non-hydrogen) atoms. The highest BCUT2D eigenvalue weighted by molar-refractivity contribution is 6.35. The molecule has 2 aliphatic heterocycles. The molecule has 2 aromatic rings. The van der Waals surface area contributed by atoms with E-state index in [-0.39, 0.29) is 11.8 Å². The summed E-state index contributed by atoms with van der Waals surface area (Å²) in [6.45, 7) is 6.74. The SMILES string of the molecule is CCCOc1ccc(C2=C(N3CCN(Cc4ccccc4)CC3)C(=O)N(C)C2=O)cc1. The second kappa shape index (κ2) is 9.35. The molecule has 0 bridgehead atoms. The van der Waals surface area contributed by atoms with E-state index >= 15 is 0 Å². The van der Waals surface area contributed by atoms with Crippen molar-refractivity contribution in [3.8, 4) is 5.75 Å². The molecule has 2 amide bonds. The Bertz CT molecular complexity index is 961. The zero-order chi connectivity index (χ0) is 21.8. The van der Waals surface area contributed by atoms with Crippen molar-refractivity contribution in [1.82, 2.24) is 14.7 Å². The van der Waals surface area contributed by atoms with Gasteiger partial charge >= 0.3 is 0 Å². The molecule has 2 heterocycles. The minimum atomic E-state index is -0.242. The lowest BCUT2D eigenvalue weighted by atomic mass is 10.0. The van der Waals surface area contributed by atoms with Crippen molar-refractivity contribution in [3.63, 3.8) is 0 Å². The summed E-state index contributed by atoms with van der Waals surface area (Å²) in [5.74, 6) is 0.309. The fourth-order valence-corrected chi connectivity index (χ4v) is 4.09. The lowest BCUT2D eigenvalue weighted by molar-refractivity contribution is -0.136. The van der Waals surface area contributed by atoms with Gasteiger partial charge in [0.1, 0.15) is 11.4 Å². The van der Waals surface area contributed by atoms with Crippen LogP contribution in [-0.2, 0) is 16.1 Å². The van der Waals surface area contributed by atoms with Crippen LogP contribution in [0.5, 0.6) is 5.75 Å². The van der Waals surface area contributed by atoms with Crippen LogP contribution in [0.4, 0.5) is 0 Å². The van der Waals surface area contributed by atoms with E-state index in [2.05, 4.69) is 41.0 Å². The Kier molecular flexibility index (Phi) is 6.37. The summed E-state index contributed by atoms with van der Waals surface area (Å²) in [5, 5.41) is 0. The molecule has 0 unspecified atom stereocenters. The van der Waals surface area contributed by atoms with Crippen LogP contribution in [0.1, 0.15) is 24.5 Å². The normalized spacial score (nSPS) is 17.6. The second-order valence-corrected chi connectivity index (χ2v) is 8.01. The molecular weight excluding hydrogens is 390 g/mol. The average Bonchev–Trinajstić information content (AvgIpc) is 3.03. The van der Waals surface area contributed by atoms with Crippen molar-refractivity contribution in [1.29, 1.82) is 0 Å². The molecule has 1 saturated heterocycles. The van der Waals surface area contributed by atoms with E-state index in [4.69, 9.17) is 4.74 Å². The van der Waals surface area contributed by atoms with Crippen molar-refractivity contribution in [2.75, 3.05) is 39.8 Å². The minimum absolute atomic E-state index is 0.220. The number of carbonyl (C=O) groups is 2. The predicted octanol–water partition coefficient (Wildman–Crippen LogP) is 3.00. The number of hydrogen-bond donors (Lipinski definition) is 0. The molecule has 2 aliphatic rings. The van der Waals surface area contributed by atoms with Crippen molar-refractivity contribution in [2.45, 2.75) is 19.9 Å².